The Morgan fingerprint density at radius 2 is 0.750 bits per heavy atom. The summed E-state index contributed by atoms with van der Waals surface area (Å²) in [4.78, 5) is 0. The highest BCUT2D eigenvalue weighted by molar-refractivity contribution is 5.85. The molecule has 3 rings (SSSR count). The Balaban J connectivity index is 2.65. The standard InChI is InChI=1S/C30H6F6N8/c31-29(32,33)27-15(7-37)1-3-19(25(27)13-43)21(9-39)17-5-6-18(24(12-42)23(17)11-41)22(10-40)20-4-2-16(8-38)28(26(20)14-44)30(34,35)36/h1-6H/b21-17-,22-18+. The van der Waals surface area contributed by atoms with Crippen LogP contribution in [0.2, 0.25) is 0 Å². The van der Waals surface area contributed by atoms with Crippen molar-refractivity contribution >= 4 is 11.1 Å². The number of alkyl halides is 6. The minimum absolute atomic E-state index is 0.474. The molecule has 0 aliphatic carbocycles. The zero-order valence-electron chi connectivity index (χ0n) is 21.3. The normalized spacial score (nSPS) is 12.0. The second-order valence-corrected chi connectivity index (χ2v) is 8.37. The monoisotopic (exact) mass is 592 g/mol. The van der Waals surface area contributed by atoms with Crippen molar-refractivity contribution in [2.45, 2.75) is 12.4 Å². The Morgan fingerprint density at radius 3 is 0.977 bits per heavy atom. The van der Waals surface area contributed by atoms with E-state index in [0.717, 1.165) is 24.3 Å². The first-order chi connectivity index (χ1) is 20.8. The lowest BCUT2D eigenvalue weighted by atomic mass is 9.88. The van der Waals surface area contributed by atoms with Crippen molar-refractivity contribution in [3.05, 3.63) is 102 Å². The summed E-state index contributed by atoms with van der Waals surface area (Å²) >= 11 is 0. The summed E-state index contributed by atoms with van der Waals surface area (Å²) in [6.07, 6.45) is -10.4. The summed E-state index contributed by atoms with van der Waals surface area (Å²) in [5.41, 5.74) is -11.5. The van der Waals surface area contributed by atoms with E-state index in [-0.39, 0.29) is 0 Å². The molecule has 0 saturated heterocycles. The van der Waals surface area contributed by atoms with Crippen LogP contribution in [0.15, 0.2) is 36.4 Å². The van der Waals surface area contributed by atoms with Crippen LogP contribution >= 0.6 is 0 Å². The summed E-state index contributed by atoms with van der Waals surface area (Å²) in [5.74, 6) is 0. The van der Waals surface area contributed by atoms with Gasteiger partial charge in [-0.3, -0.25) is 0 Å². The van der Waals surface area contributed by atoms with E-state index in [2.05, 4.69) is 0 Å². The van der Waals surface area contributed by atoms with E-state index in [1.54, 1.807) is 24.3 Å². The zero-order chi connectivity index (χ0) is 33.0. The Bertz CT molecular complexity index is 2080. The lowest BCUT2D eigenvalue weighted by molar-refractivity contribution is -0.138. The summed E-state index contributed by atoms with van der Waals surface area (Å²) in [6, 6.07) is 16.6. The fourth-order valence-electron chi connectivity index (χ4n) is 4.41. The molecule has 0 N–H and O–H groups in total. The van der Waals surface area contributed by atoms with Crippen LogP contribution in [0.1, 0.15) is 55.6 Å². The van der Waals surface area contributed by atoms with Gasteiger partial charge in [-0.15, -0.1) is 0 Å². The van der Waals surface area contributed by atoms with Gasteiger partial charge in [0.2, 0.25) is 0 Å². The maximum atomic E-state index is 13.8. The van der Waals surface area contributed by atoms with E-state index >= 15 is 0 Å². The Labute approximate surface area is 243 Å². The fourth-order valence-corrected chi connectivity index (χ4v) is 4.41. The van der Waals surface area contributed by atoms with Crippen molar-refractivity contribution in [2.24, 2.45) is 0 Å². The number of hydrogen-bond acceptors (Lipinski definition) is 8. The Morgan fingerprint density at radius 1 is 0.432 bits per heavy atom. The third-order valence-corrected chi connectivity index (χ3v) is 6.17. The molecule has 44 heavy (non-hydrogen) atoms. The number of rotatable bonds is 2. The molecule has 8 nitrogen and oxygen atoms in total. The maximum Gasteiger partial charge on any atom is 0.418 e. The molecule has 0 fully saturated rings. The molecule has 0 saturated carbocycles. The van der Waals surface area contributed by atoms with Crippen molar-refractivity contribution < 1.29 is 26.3 Å². The molecule has 0 unspecified atom stereocenters. The molecule has 0 aliphatic heterocycles. The van der Waals surface area contributed by atoms with Gasteiger partial charge < -0.3 is 0 Å². The molecule has 0 aliphatic rings. The molecule has 3 aromatic carbocycles. The van der Waals surface area contributed by atoms with E-state index in [4.69, 9.17) is 10.5 Å². The molecule has 14 heteroatoms. The molecule has 0 bridgehead atoms. The molecule has 0 heterocycles. The largest absolute Gasteiger partial charge is 0.418 e. The summed E-state index contributed by atoms with van der Waals surface area (Å²) in [6.45, 7) is 0. The lowest BCUT2D eigenvalue weighted by Gasteiger charge is -2.14. The van der Waals surface area contributed by atoms with Crippen LogP contribution in [0.5, 0.6) is 0 Å². The van der Waals surface area contributed by atoms with Crippen LogP contribution in [0.4, 0.5) is 26.3 Å². The second kappa shape index (κ2) is 11.8. The van der Waals surface area contributed by atoms with Crippen molar-refractivity contribution in [3.63, 3.8) is 0 Å². The van der Waals surface area contributed by atoms with E-state index in [9.17, 15) is 57.9 Å². The van der Waals surface area contributed by atoms with Crippen LogP contribution in [0.25, 0.3) is 11.1 Å². The number of nitrogens with zero attached hydrogens (tertiary/aromatic N) is 8. The van der Waals surface area contributed by atoms with Gasteiger partial charge in [0.1, 0.15) is 36.4 Å². The van der Waals surface area contributed by atoms with Crippen molar-refractivity contribution in [3.8, 4) is 48.6 Å². The first-order valence-corrected chi connectivity index (χ1v) is 11.4. The minimum atomic E-state index is -5.21. The van der Waals surface area contributed by atoms with Crippen molar-refractivity contribution in [2.75, 3.05) is 0 Å². The number of benzene rings is 3. The molecule has 0 amide bonds. The number of hydrogen-bond donors (Lipinski definition) is 0. The predicted molar refractivity (Wildman–Crippen MR) is 133 cm³/mol. The van der Waals surface area contributed by atoms with E-state index in [1.807, 2.05) is 0 Å². The van der Waals surface area contributed by atoms with Gasteiger partial charge >= 0.3 is 12.4 Å². The number of nitriles is 8. The van der Waals surface area contributed by atoms with Crippen LogP contribution in [-0.4, -0.2) is 0 Å². The van der Waals surface area contributed by atoms with E-state index in [0.29, 0.717) is 12.1 Å². The summed E-state index contributed by atoms with van der Waals surface area (Å²) in [7, 11) is 0. The maximum absolute atomic E-state index is 13.8. The SMILES string of the molecule is N#C/C(c1ccc(C#N)c(C(F)(F)F)c1C#N)=c1/cc/c(=C(\C#N)c2ccc(C#N)c(C(F)(F)F)c2C#N)c(C#N)c1C#N. The van der Waals surface area contributed by atoms with E-state index in [1.165, 1.54) is 24.3 Å². The van der Waals surface area contributed by atoms with Gasteiger partial charge in [0, 0.05) is 21.6 Å². The molecule has 0 radical (unpaired) electrons. The van der Waals surface area contributed by atoms with Gasteiger partial charge in [-0.1, -0.05) is 24.3 Å². The van der Waals surface area contributed by atoms with Crippen molar-refractivity contribution in [1.29, 1.82) is 42.1 Å². The zero-order valence-corrected chi connectivity index (χ0v) is 21.3. The van der Waals surface area contributed by atoms with Crippen LogP contribution in [0, 0.1) is 90.6 Å². The van der Waals surface area contributed by atoms with Crippen LogP contribution < -0.4 is 10.4 Å². The third kappa shape index (κ3) is 5.19. The van der Waals surface area contributed by atoms with Gasteiger partial charge in [-0.2, -0.15) is 68.4 Å². The molecule has 0 spiro atoms. The van der Waals surface area contributed by atoms with Crippen LogP contribution in [-0.2, 0) is 12.4 Å². The van der Waals surface area contributed by atoms with Crippen molar-refractivity contribution in [1.82, 2.24) is 0 Å². The van der Waals surface area contributed by atoms with Gasteiger partial charge in [0.25, 0.3) is 0 Å². The average Bonchev–Trinajstić information content (AvgIpc) is 2.99. The van der Waals surface area contributed by atoms with Crippen LogP contribution in [0.3, 0.4) is 0 Å². The summed E-state index contributed by atoms with van der Waals surface area (Å²) < 4.78 is 82.9. The minimum Gasteiger partial charge on any atom is -0.192 e. The van der Waals surface area contributed by atoms with Gasteiger partial charge in [0.05, 0.1) is 67.8 Å². The third-order valence-electron chi connectivity index (χ3n) is 6.17. The molecular weight excluding hydrogens is 586 g/mol. The highest BCUT2D eigenvalue weighted by atomic mass is 19.4. The highest BCUT2D eigenvalue weighted by Crippen LogP contribution is 2.38. The first-order valence-electron chi connectivity index (χ1n) is 11.4. The highest BCUT2D eigenvalue weighted by Gasteiger charge is 2.39. The molecular formula is C30H6F6N8. The molecule has 3 aromatic rings. The topological polar surface area (TPSA) is 190 Å². The first kappa shape index (κ1) is 31.4. The molecule has 0 atom stereocenters. The Hall–Kier alpha value is -7.10. The molecule has 208 valence electrons. The second-order valence-electron chi connectivity index (χ2n) is 8.37. The Kier molecular flexibility index (Phi) is 8.42. The van der Waals surface area contributed by atoms with Gasteiger partial charge in [-0.25, -0.2) is 0 Å². The smallest absolute Gasteiger partial charge is 0.192 e. The lowest BCUT2D eigenvalue weighted by Crippen LogP contribution is -2.24. The van der Waals surface area contributed by atoms with Gasteiger partial charge in [-0.05, 0) is 12.1 Å². The van der Waals surface area contributed by atoms with E-state index < -0.39 is 89.6 Å². The number of halogens is 6. The van der Waals surface area contributed by atoms with Gasteiger partial charge in [0.15, 0.2) is 0 Å². The average molecular weight is 592 g/mol. The fraction of sp³-hybridized carbons (Fsp3) is 0.0667. The molecule has 0 aromatic heterocycles. The predicted octanol–water partition coefficient (Wildman–Crippen LogP) is 4.40. The summed E-state index contributed by atoms with van der Waals surface area (Å²) in [5, 5.41) is 76.2. The quantitative estimate of drug-likeness (QED) is 0.391.